The van der Waals surface area contributed by atoms with Crippen LogP contribution in [0.1, 0.15) is 24.8 Å². The third-order valence-corrected chi connectivity index (χ3v) is 3.65. The number of benzene rings is 1. The van der Waals surface area contributed by atoms with Crippen LogP contribution in [-0.2, 0) is 11.3 Å². The predicted octanol–water partition coefficient (Wildman–Crippen LogP) is 1.67. The summed E-state index contributed by atoms with van der Waals surface area (Å²) in [6, 6.07) is 4.69. The number of methoxy groups -OCH3 is 1. The maximum Gasteiger partial charge on any atom is 0.242 e. The first-order valence-electron chi connectivity index (χ1n) is 6.33. The molecule has 0 unspecified atom stereocenters. The van der Waals surface area contributed by atoms with Crippen LogP contribution in [0.3, 0.4) is 0 Å². The molecule has 0 heterocycles. The lowest BCUT2D eigenvalue weighted by Crippen LogP contribution is -2.58. The molecule has 0 radical (unpaired) electrons. The Morgan fingerprint density at radius 1 is 1.53 bits per heavy atom. The van der Waals surface area contributed by atoms with Crippen molar-refractivity contribution >= 4 is 5.91 Å². The molecular weight excluding hydrogens is 247 g/mol. The normalized spacial score (nSPS) is 16.6. The number of halogens is 1. The van der Waals surface area contributed by atoms with Crippen LogP contribution in [0.4, 0.5) is 4.39 Å². The lowest BCUT2D eigenvalue weighted by Gasteiger charge is -2.39. The summed E-state index contributed by atoms with van der Waals surface area (Å²) in [6.45, 7) is 0.346. The van der Waals surface area contributed by atoms with Gasteiger partial charge in [-0.3, -0.25) is 4.79 Å². The minimum atomic E-state index is -0.709. The zero-order chi connectivity index (χ0) is 14.0. The Labute approximate surface area is 112 Å². The molecule has 0 atom stereocenters. The number of amides is 1. The third-order valence-electron chi connectivity index (χ3n) is 3.65. The largest absolute Gasteiger partial charge is 0.494 e. The Morgan fingerprint density at radius 3 is 2.68 bits per heavy atom. The number of hydrogen-bond donors (Lipinski definition) is 1. The van der Waals surface area contributed by atoms with E-state index in [1.165, 1.54) is 13.2 Å². The molecule has 1 amide bonds. The van der Waals surface area contributed by atoms with Gasteiger partial charge in [-0.15, -0.1) is 0 Å². The number of nitrogens with zero attached hydrogens (tertiary/aromatic N) is 1. The van der Waals surface area contributed by atoms with Crippen molar-refractivity contribution in [2.24, 2.45) is 5.73 Å². The number of carbonyl (C=O) groups is 1. The molecule has 2 rings (SSSR count). The van der Waals surface area contributed by atoms with E-state index >= 15 is 0 Å². The van der Waals surface area contributed by atoms with Crippen LogP contribution in [0.25, 0.3) is 0 Å². The molecule has 2 N–H and O–H groups in total. The zero-order valence-corrected chi connectivity index (χ0v) is 11.3. The quantitative estimate of drug-likeness (QED) is 0.902. The number of ether oxygens (including phenoxy) is 1. The minimum Gasteiger partial charge on any atom is -0.494 e. The van der Waals surface area contributed by atoms with Crippen LogP contribution in [0.15, 0.2) is 18.2 Å². The minimum absolute atomic E-state index is 0.0741. The highest BCUT2D eigenvalue weighted by Crippen LogP contribution is 2.31. The first-order valence-corrected chi connectivity index (χ1v) is 6.33. The van der Waals surface area contributed by atoms with Crippen LogP contribution in [0.5, 0.6) is 5.75 Å². The van der Waals surface area contributed by atoms with E-state index in [0.29, 0.717) is 6.54 Å². The maximum atomic E-state index is 13.6. The molecular formula is C14H19FN2O2. The predicted molar refractivity (Wildman–Crippen MR) is 70.2 cm³/mol. The number of likely N-dealkylation sites (N-methyl/N-ethyl adjacent to an activating group) is 1. The lowest BCUT2D eigenvalue weighted by molar-refractivity contribution is -0.139. The van der Waals surface area contributed by atoms with Gasteiger partial charge < -0.3 is 15.4 Å². The summed E-state index contributed by atoms with van der Waals surface area (Å²) in [6.07, 6.45) is 2.45. The van der Waals surface area contributed by atoms with E-state index in [1.807, 2.05) is 0 Å². The highest BCUT2D eigenvalue weighted by molar-refractivity contribution is 5.86. The van der Waals surface area contributed by atoms with Crippen molar-refractivity contribution in [3.63, 3.8) is 0 Å². The first-order chi connectivity index (χ1) is 8.96. The number of nitrogens with two attached hydrogens (primary N) is 1. The van der Waals surface area contributed by atoms with Gasteiger partial charge in [-0.25, -0.2) is 4.39 Å². The summed E-state index contributed by atoms with van der Waals surface area (Å²) >= 11 is 0. The van der Waals surface area contributed by atoms with E-state index in [9.17, 15) is 9.18 Å². The molecule has 0 aliphatic heterocycles. The Kier molecular flexibility index (Phi) is 3.75. The Morgan fingerprint density at radius 2 is 2.21 bits per heavy atom. The fourth-order valence-electron chi connectivity index (χ4n) is 2.31. The molecule has 104 valence electrons. The van der Waals surface area contributed by atoms with Crippen LogP contribution in [0.2, 0.25) is 0 Å². The van der Waals surface area contributed by atoms with Gasteiger partial charge in [0.1, 0.15) is 0 Å². The summed E-state index contributed by atoms with van der Waals surface area (Å²) in [5, 5.41) is 0. The van der Waals surface area contributed by atoms with Crippen molar-refractivity contribution in [3.8, 4) is 5.75 Å². The molecule has 0 aromatic heterocycles. The van der Waals surface area contributed by atoms with E-state index < -0.39 is 11.4 Å². The standard InChI is InChI=1S/C14H19FN2O2/c1-17(13(18)14(16)6-3-7-14)9-10-4-5-12(19-2)11(15)8-10/h4-5,8H,3,6-7,9,16H2,1-2H3. The summed E-state index contributed by atoms with van der Waals surface area (Å²) < 4.78 is 18.4. The van der Waals surface area contributed by atoms with Gasteiger partial charge >= 0.3 is 0 Å². The van der Waals surface area contributed by atoms with E-state index in [2.05, 4.69) is 0 Å². The van der Waals surface area contributed by atoms with E-state index in [0.717, 1.165) is 24.8 Å². The molecule has 1 saturated carbocycles. The van der Waals surface area contributed by atoms with Crippen molar-refractivity contribution in [1.82, 2.24) is 4.90 Å². The molecule has 1 aliphatic rings. The van der Waals surface area contributed by atoms with Gasteiger partial charge in [0, 0.05) is 13.6 Å². The van der Waals surface area contributed by atoms with E-state index in [4.69, 9.17) is 10.5 Å². The summed E-state index contributed by atoms with van der Waals surface area (Å²) in [5.41, 5.74) is 6.00. The van der Waals surface area contributed by atoms with Gasteiger partial charge in [0.2, 0.25) is 5.91 Å². The average Bonchev–Trinajstić information content (AvgIpc) is 2.35. The molecule has 5 heteroatoms. The first kappa shape index (κ1) is 13.8. The maximum absolute atomic E-state index is 13.6. The summed E-state index contributed by atoms with van der Waals surface area (Å²) in [5.74, 6) is -0.297. The third kappa shape index (κ3) is 2.71. The van der Waals surface area contributed by atoms with Crippen molar-refractivity contribution in [3.05, 3.63) is 29.6 Å². The SMILES string of the molecule is COc1ccc(CN(C)C(=O)C2(N)CCC2)cc1F. The van der Waals surface area contributed by atoms with Crippen LogP contribution in [-0.4, -0.2) is 30.5 Å². The summed E-state index contributed by atoms with van der Waals surface area (Å²) in [7, 11) is 3.11. The average molecular weight is 266 g/mol. The second kappa shape index (κ2) is 5.17. The van der Waals surface area contributed by atoms with Gasteiger partial charge in [0.25, 0.3) is 0 Å². The molecule has 1 aliphatic carbocycles. The molecule has 0 saturated heterocycles. The lowest BCUT2D eigenvalue weighted by atomic mass is 9.76. The Hall–Kier alpha value is -1.62. The van der Waals surface area contributed by atoms with E-state index in [-0.39, 0.29) is 11.7 Å². The molecule has 1 aromatic rings. The van der Waals surface area contributed by atoms with Gasteiger partial charge in [0.05, 0.1) is 12.6 Å². The van der Waals surface area contributed by atoms with Crippen molar-refractivity contribution in [2.45, 2.75) is 31.3 Å². The van der Waals surface area contributed by atoms with Crippen molar-refractivity contribution in [2.75, 3.05) is 14.2 Å². The van der Waals surface area contributed by atoms with Crippen molar-refractivity contribution in [1.29, 1.82) is 0 Å². The second-order valence-electron chi connectivity index (χ2n) is 5.14. The highest BCUT2D eigenvalue weighted by atomic mass is 19.1. The van der Waals surface area contributed by atoms with Gasteiger partial charge in [0.15, 0.2) is 11.6 Å². The molecule has 1 fully saturated rings. The molecule has 4 nitrogen and oxygen atoms in total. The topological polar surface area (TPSA) is 55.6 Å². The number of rotatable bonds is 4. The molecule has 1 aromatic carbocycles. The van der Waals surface area contributed by atoms with Crippen LogP contribution >= 0.6 is 0 Å². The number of carbonyl (C=O) groups excluding carboxylic acids is 1. The fraction of sp³-hybridized carbons (Fsp3) is 0.500. The smallest absolute Gasteiger partial charge is 0.242 e. The van der Waals surface area contributed by atoms with Gasteiger partial charge in [-0.1, -0.05) is 6.07 Å². The second-order valence-corrected chi connectivity index (χ2v) is 5.14. The Bertz CT molecular complexity index is 486. The summed E-state index contributed by atoms with van der Waals surface area (Å²) in [4.78, 5) is 13.7. The number of hydrogen-bond acceptors (Lipinski definition) is 3. The zero-order valence-electron chi connectivity index (χ0n) is 11.3. The van der Waals surface area contributed by atoms with Gasteiger partial charge in [-0.2, -0.15) is 0 Å². The fourth-order valence-corrected chi connectivity index (χ4v) is 2.31. The highest BCUT2D eigenvalue weighted by Gasteiger charge is 2.41. The van der Waals surface area contributed by atoms with Crippen molar-refractivity contribution < 1.29 is 13.9 Å². The monoisotopic (exact) mass is 266 g/mol. The van der Waals surface area contributed by atoms with Crippen LogP contribution in [0, 0.1) is 5.82 Å². The Balaban J connectivity index is 2.04. The van der Waals surface area contributed by atoms with Crippen LogP contribution < -0.4 is 10.5 Å². The molecule has 19 heavy (non-hydrogen) atoms. The van der Waals surface area contributed by atoms with E-state index in [1.54, 1.807) is 24.1 Å². The molecule has 0 spiro atoms. The molecule has 0 bridgehead atoms. The van der Waals surface area contributed by atoms with Gasteiger partial charge in [-0.05, 0) is 37.0 Å².